The van der Waals surface area contributed by atoms with Crippen molar-refractivity contribution >= 4 is 11.5 Å². The van der Waals surface area contributed by atoms with Crippen LogP contribution in [0, 0.1) is 17.7 Å². The summed E-state index contributed by atoms with van der Waals surface area (Å²) in [6.45, 7) is 6.29. The molecule has 0 spiro atoms. The van der Waals surface area contributed by atoms with Crippen molar-refractivity contribution in [2.75, 3.05) is 20.1 Å². The van der Waals surface area contributed by atoms with Gasteiger partial charge in [-0.3, -0.25) is 9.69 Å². The van der Waals surface area contributed by atoms with Crippen molar-refractivity contribution in [3.63, 3.8) is 0 Å². The van der Waals surface area contributed by atoms with Crippen molar-refractivity contribution in [3.8, 4) is 11.8 Å². The third-order valence-electron chi connectivity index (χ3n) is 3.70. The van der Waals surface area contributed by atoms with Crippen LogP contribution in [0.2, 0.25) is 0 Å². The molecule has 0 aliphatic heterocycles. The summed E-state index contributed by atoms with van der Waals surface area (Å²) in [5, 5.41) is 0. The molecule has 0 saturated carbocycles. The van der Waals surface area contributed by atoms with Gasteiger partial charge in [0.05, 0.1) is 6.54 Å². The highest BCUT2D eigenvalue weighted by atomic mass is 19.1. The van der Waals surface area contributed by atoms with E-state index in [9.17, 15) is 9.18 Å². The number of hydrogen-bond donors (Lipinski definition) is 0. The van der Waals surface area contributed by atoms with Gasteiger partial charge in [0, 0.05) is 17.7 Å². The number of carbonyl (C=O) groups excluding carboxylic acids is 1. The van der Waals surface area contributed by atoms with Crippen LogP contribution in [-0.4, -0.2) is 36.6 Å². The third-order valence-corrected chi connectivity index (χ3v) is 3.70. The summed E-state index contributed by atoms with van der Waals surface area (Å²) in [5.74, 6) is 5.69. The number of rotatable bonds is 5. The van der Waals surface area contributed by atoms with Crippen molar-refractivity contribution in [1.82, 2.24) is 4.90 Å². The number of likely N-dealkylation sites (N-methyl/N-ethyl adjacent to an activating group) is 1. The molecule has 0 amide bonds. The SMILES string of the molecule is CN(C/C=C(/C#Cc1ccc(F)cc1)c1ccccc1)CC(=O)OC(C)(C)C. The number of nitrogens with zero attached hydrogens (tertiary/aromatic N) is 1. The Morgan fingerprint density at radius 1 is 1.11 bits per heavy atom. The lowest BCUT2D eigenvalue weighted by atomic mass is 10.1. The highest BCUT2D eigenvalue weighted by Crippen LogP contribution is 2.14. The van der Waals surface area contributed by atoms with Crippen LogP contribution in [0.25, 0.3) is 5.57 Å². The highest BCUT2D eigenvalue weighted by Gasteiger charge is 2.17. The minimum absolute atomic E-state index is 0.196. The molecule has 0 aromatic heterocycles. The summed E-state index contributed by atoms with van der Waals surface area (Å²) >= 11 is 0. The van der Waals surface area contributed by atoms with Crippen LogP contribution in [0.3, 0.4) is 0 Å². The Morgan fingerprint density at radius 2 is 1.75 bits per heavy atom. The topological polar surface area (TPSA) is 29.5 Å². The maximum Gasteiger partial charge on any atom is 0.320 e. The summed E-state index contributed by atoms with van der Waals surface area (Å²) in [5.41, 5.74) is 2.08. The minimum atomic E-state index is -0.496. The van der Waals surface area contributed by atoms with Gasteiger partial charge in [0.25, 0.3) is 0 Å². The van der Waals surface area contributed by atoms with Gasteiger partial charge < -0.3 is 4.74 Å². The zero-order chi connectivity index (χ0) is 20.6. The lowest BCUT2D eigenvalue weighted by Crippen LogP contribution is -2.32. The Hall–Kier alpha value is -2.90. The van der Waals surface area contributed by atoms with E-state index in [0.29, 0.717) is 6.54 Å². The fourth-order valence-electron chi connectivity index (χ4n) is 2.44. The Kier molecular flexibility index (Phi) is 7.54. The second-order valence-electron chi connectivity index (χ2n) is 7.52. The predicted octanol–water partition coefficient (Wildman–Crippen LogP) is 4.53. The number of hydrogen-bond acceptors (Lipinski definition) is 3. The largest absolute Gasteiger partial charge is 0.459 e. The third kappa shape index (κ3) is 7.77. The lowest BCUT2D eigenvalue weighted by Gasteiger charge is -2.22. The molecule has 0 unspecified atom stereocenters. The van der Waals surface area contributed by atoms with E-state index in [1.807, 2.05) is 69.1 Å². The van der Waals surface area contributed by atoms with E-state index >= 15 is 0 Å². The molecule has 2 aromatic rings. The number of allylic oxidation sites excluding steroid dienone is 1. The summed E-state index contributed by atoms with van der Waals surface area (Å²) in [6, 6.07) is 15.9. The molecule has 146 valence electrons. The van der Waals surface area contributed by atoms with Crippen LogP contribution in [0.1, 0.15) is 31.9 Å². The van der Waals surface area contributed by atoms with Gasteiger partial charge in [-0.15, -0.1) is 0 Å². The molecule has 0 heterocycles. The fraction of sp³-hybridized carbons (Fsp3) is 0.292. The quantitative estimate of drug-likeness (QED) is 0.564. The molecule has 0 fully saturated rings. The van der Waals surface area contributed by atoms with Crippen molar-refractivity contribution in [2.24, 2.45) is 0 Å². The number of carbonyl (C=O) groups is 1. The lowest BCUT2D eigenvalue weighted by molar-refractivity contribution is -0.155. The molecule has 3 nitrogen and oxygen atoms in total. The van der Waals surface area contributed by atoms with Crippen LogP contribution in [0.15, 0.2) is 60.7 Å². The van der Waals surface area contributed by atoms with Gasteiger partial charge in [0.15, 0.2) is 0 Å². The first-order chi connectivity index (χ1) is 13.2. The van der Waals surface area contributed by atoms with Gasteiger partial charge in [-0.1, -0.05) is 48.2 Å². The highest BCUT2D eigenvalue weighted by molar-refractivity contribution is 5.79. The average molecular weight is 379 g/mol. The molecule has 0 atom stereocenters. The van der Waals surface area contributed by atoms with Gasteiger partial charge in [-0.2, -0.15) is 0 Å². The Morgan fingerprint density at radius 3 is 2.36 bits per heavy atom. The Balaban J connectivity index is 2.14. The summed E-state index contributed by atoms with van der Waals surface area (Å²) in [7, 11) is 1.86. The molecule has 0 N–H and O–H groups in total. The number of benzene rings is 2. The van der Waals surface area contributed by atoms with E-state index in [-0.39, 0.29) is 18.3 Å². The molecule has 0 radical (unpaired) electrons. The molecular formula is C24H26FNO2. The minimum Gasteiger partial charge on any atom is -0.459 e. The van der Waals surface area contributed by atoms with E-state index in [0.717, 1.165) is 16.7 Å². The van der Waals surface area contributed by atoms with Crippen molar-refractivity contribution in [3.05, 3.63) is 77.6 Å². The summed E-state index contributed by atoms with van der Waals surface area (Å²) in [4.78, 5) is 13.9. The summed E-state index contributed by atoms with van der Waals surface area (Å²) < 4.78 is 18.4. The van der Waals surface area contributed by atoms with E-state index in [1.54, 1.807) is 12.1 Å². The average Bonchev–Trinajstić information content (AvgIpc) is 2.62. The van der Waals surface area contributed by atoms with Gasteiger partial charge in [0.1, 0.15) is 11.4 Å². The van der Waals surface area contributed by atoms with Crippen LogP contribution >= 0.6 is 0 Å². The Bertz CT molecular complexity index is 869. The molecule has 0 bridgehead atoms. The van der Waals surface area contributed by atoms with Crippen molar-refractivity contribution in [2.45, 2.75) is 26.4 Å². The molecule has 0 aliphatic carbocycles. The van der Waals surface area contributed by atoms with Gasteiger partial charge >= 0.3 is 5.97 Å². The number of esters is 1. The monoisotopic (exact) mass is 379 g/mol. The van der Waals surface area contributed by atoms with E-state index < -0.39 is 5.60 Å². The van der Waals surface area contributed by atoms with E-state index in [2.05, 4.69) is 11.8 Å². The molecule has 2 aromatic carbocycles. The first kappa shape index (κ1) is 21.4. The van der Waals surface area contributed by atoms with Crippen LogP contribution in [0.4, 0.5) is 4.39 Å². The zero-order valence-electron chi connectivity index (χ0n) is 16.8. The first-order valence-electron chi connectivity index (χ1n) is 9.16. The molecular weight excluding hydrogens is 353 g/mol. The standard InChI is InChI=1S/C24H26FNO2/c1-24(2,3)28-23(27)18-26(4)17-16-21(20-8-6-5-7-9-20)13-10-19-11-14-22(25)15-12-19/h5-9,11-12,14-16H,17-18H2,1-4H3/b21-16-. The zero-order valence-corrected chi connectivity index (χ0v) is 16.8. The summed E-state index contributed by atoms with van der Waals surface area (Å²) in [6.07, 6.45) is 1.98. The van der Waals surface area contributed by atoms with E-state index in [4.69, 9.17) is 4.74 Å². The molecule has 0 saturated heterocycles. The molecule has 2 rings (SSSR count). The number of ether oxygens (including phenoxy) is 1. The van der Waals surface area contributed by atoms with Gasteiger partial charge in [-0.05, 0) is 57.6 Å². The van der Waals surface area contributed by atoms with Crippen molar-refractivity contribution < 1.29 is 13.9 Å². The maximum atomic E-state index is 13.1. The second kappa shape index (κ2) is 9.87. The number of halogens is 1. The second-order valence-corrected chi connectivity index (χ2v) is 7.52. The van der Waals surface area contributed by atoms with E-state index in [1.165, 1.54) is 12.1 Å². The molecule has 0 aliphatic rings. The smallest absolute Gasteiger partial charge is 0.320 e. The van der Waals surface area contributed by atoms with Gasteiger partial charge in [0.2, 0.25) is 0 Å². The van der Waals surface area contributed by atoms with Gasteiger partial charge in [-0.25, -0.2) is 4.39 Å². The van der Waals surface area contributed by atoms with Crippen LogP contribution in [-0.2, 0) is 9.53 Å². The van der Waals surface area contributed by atoms with Crippen LogP contribution < -0.4 is 0 Å². The normalized spacial score (nSPS) is 11.7. The first-order valence-corrected chi connectivity index (χ1v) is 9.16. The van der Waals surface area contributed by atoms with Crippen LogP contribution in [0.5, 0.6) is 0 Å². The predicted molar refractivity (Wildman–Crippen MR) is 111 cm³/mol. The maximum absolute atomic E-state index is 13.1. The Labute approximate surface area is 166 Å². The van der Waals surface area contributed by atoms with Crippen molar-refractivity contribution in [1.29, 1.82) is 0 Å². The molecule has 28 heavy (non-hydrogen) atoms. The fourth-order valence-corrected chi connectivity index (χ4v) is 2.44. The molecule has 4 heteroatoms.